The summed E-state index contributed by atoms with van der Waals surface area (Å²) < 4.78 is 0. The number of rotatable bonds is 2. The average Bonchev–Trinajstić information content (AvgIpc) is 2.54. The number of nitrogens with zero attached hydrogens (tertiary/aromatic N) is 2. The highest BCUT2D eigenvalue weighted by atomic mass is 35.5. The highest BCUT2D eigenvalue weighted by Gasteiger charge is 2.30. The zero-order chi connectivity index (χ0) is 17.9. The fourth-order valence-corrected chi connectivity index (χ4v) is 2.24. The monoisotopic (exact) mass is 365 g/mol. The number of hydrogen-bond acceptors (Lipinski definition) is 3. The Bertz CT molecular complexity index is 758. The molecule has 0 bridgehead atoms. The fourth-order valence-electron chi connectivity index (χ4n) is 1.94. The molecule has 0 saturated carbocycles. The van der Waals surface area contributed by atoms with Gasteiger partial charge in [0, 0.05) is 18.0 Å². The quantitative estimate of drug-likeness (QED) is 0.818. The summed E-state index contributed by atoms with van der Waals surface area (Å²) in [5.41, 5.74) is 2.66. The predicted molar refractivity (Wildman–Crippen MR) is 94.1 cm³/mol. The number of carbonyl (C=O) groups excluding carboxylic acids is 2. The Hall–Kier alpha value is -2.11. The lowest BCUT2D eigenvalue weighted by molar-refractivity contribution is 0.0358. The Morgan fingerprint density at radius 1 is 1.08 bits per heavy atom. The third kappa shape index (κ3) is 4.24. The minimum absolute atomic E-state index is 0.273. The van der Waals surface area contributed by atoms with Gasteiger partial charge in [-0.2, -0.15) is 0 Å². The van der Waals surface area contributed by atoms with Crippen molar-refractivity contribution < 1.29 is 9.59 Å². The molecular formula is C17H17Cl2N3O2. The van der Waals surface area contributed by atoms with E-state index in [9.17, 15) is 9.59 Å². The Morgan fingerprint density at radius 3 is 2.33 bits per heavy atom. The number of nitrogens with one attached hydrogen (secondary N) is 1. The van der Waals surface area contributed by atoms with E-state index >= 15 is 0 Å². The zero-order valence-corrected chi connectivity index (χ0v) is 15.0. The lowest BCUT2D eigenvalue weighted by Gasteiger charge is -2.35. The van der Waals surface area contributed by atoms with E-state index < -0.39 is 17.4 Å². The minimum atomic E-state index is -0.652. The Morgan fingerprint density at radius 2 is 1.79 bits per heavy atom. The first-order chi connectivity index (χ1) is 11.2. The van der Waals surface area contributed by atoms with Crippen molar-refractivity contribution >= 4 is 35.0 Å². The molecule has 0 fully saturated rings. The first-order valence-corrected chi connectivity index (χ1v) is 7.96. The van der Waals surface area contributed by atoms with Gasteiger partial charge < -0.3 is 0 Å². The Labute approximate surface area is 150 Å². The van der Waals surface area contributed by atoms with Crippen LogP contribution in [0.15, 0.2) is 42.7 Å². The predicted octanol–water partition coefficient (Wildman–Crippen LogP) is 3.97. The van der Waals surface area contributed by atoms with Crippen LogP contribution in [0.1, 0.15) is 41.5 Å². The largest absolute Gasteiger partial charge is 0.272 e. The zero-order valence-electron chi connectivity index (χ0n) is 13.5. The lowest BCUT2D eigenvalue weighted by atomic mass is 10.1. The molecule has 0 aliphatic heterocycles. The molecule has 1 N–H and O–H groups in total. The maximum atomic E-state index is 12.8. The number of hydrazine groups is 1. The van der Waals surface area contributed by atoms with Gasteiger partial charge >= 0.3 is 0 Å². The molecule has 24 heavy (non-hydrogen) atoms. The van der Waals surface area contributed by atoms with E-state index in [0.717, 1.165) is 0 Å². The summed E-state index contributed by atoms with van der Waals surface area (Å²) in [4.78, 5) is 29.1. The summed E-state index contributed by atoms with van der Waals surface area (Å²) in [6, 6.07) is 7.84. The highest BCUT2D eigenvalue weighted by molar-refractivity contribution is 6.42. The van der Waals surface area contributed by atoms with Crippen molar-refractivity contribution in [2.45, 2.75) is 26.3 Å². The van der Waals surface area contributed by atoms with Gasteiger partial charge in [0.1, 0.15) is 0 Å². The fraction of sp³-hybridized carbons (Fsp3) is 0.235. The summed E-state index contributed by atoms with van der Waals surface area (Å²) >= 11 is 11.9. The molecule has 0 radical (unpaired) electrons. The second-order valence-corrected chi connectivity index (χ2v) is 6.94. The summed E-state index contributed by atoms with van der Waals surface area (Å²) in [6.45, 7) is 5.43. The molecule has 0 saturated heterocycles. The van der Waals surface area contributed by atoms with Crippen LogP contribution in [0, 0.1) is 0 Å². The maximum Gasteiger partial charge on any atom is 0.272 e. The maximum absolute atomic E-state index is 12.8. The summed E-state index contributed by atoms with van der Waals surface area (Å²) in [5.74, 6) is -0.815. The van der Waals surface area contributed by atoms with Crippen molar-refractivity contribution in [2.75, 3.05) is 0 Å². The van der Waals surface area contributed by atoms with Crippen LogP contribution < -0.4 is 5.43 Å². The number of amides is 2. The van der Waals surface area contributed by atoms with E-state index in [-0.39, 0.29) is 5.02 Å². The molecule has 0 aliphatic carbocycles. The molecule has 0 unspecified atom stereocenters. The number of carbonyl (C=O) groups is 2. The number of pyridine rings is 1. The molecule has 5 nitrogen and oxygen atoms in total. The van der Waals surface area contributed by atoms with E-state index in [1.54, 1.807) is 30.5 Å². The highest BCUT2D eigenvalue weighted by Crippen LogP contribution is 2.24. The molecule has 1 heterocycles. The van der Waals surface area contributed by atoms with E-state index in [2.05, 4.69) is 10.4 Å². The van der Waals surface area contributed by atoms with Gasteiger partial charge in [0.15, 0.2) is 0 Å². The van der Waals surface area contributed by atoms with Crippen molar-refractivity contribution in [3.8, 4) is 0 Å². The number of aromatic nitrogens is 1. The van der Waals surface area contributed by atoms with Gasteiger partial charge in [-0.3, -0.25) is 20.0 Å². The molecule has 1 aromatic heterocycles. The molecule has 7 heteroatoms. The van der Waals surface area contributed by atoms with Crippen LogP contribution >= 0.6 is 23.2 Å². The van der Waals surface area contributed by atoms with E-state index in [0.29, 0.717) is 16.1 Å². The number of halogens is 2. The summed E-state index contributed by atoms with van der Waals surface area (Å²) in [7, 11) is 0. The third-order valence-electron chi connectivity index (χ3n) is 3.18. The van der Waals surface area contributed by atoms with E-state index in [1.165, 1.54) is 17.3 Å². The van der Waals surface area contributed by atoms with Crippen molar-refractivity contribution in [3.63, 3.8) is 0 Å². The smallest absolute Gasteiger partial charge is 0.267 e. The molecule has 0 atom stereocenters. The second kappa shape index (κ2) is 7.20. The summed E-state index contributed by atoms with van der Waals surface area (Å²) in [5, 5.41) is 1.90. The SMILES string of the molecule is CC(C)(C)N(NC(=O)c1cccnc1)C(=O)c1ccc(Cl)c(Cl)c1. The molecule has 0 spiro atoms. The van der Waals surface area contributed by atoms with Crippen molar-refractivity contribution in [3.05, 3.63) is 63.9 Å². The van der Waals surface area contributed by atoms with Crippen LogP contribution in [0.25, 0.3) is 0 Å². The van der Waals surface area contributed by atoms with Gasteiger partial charge in [0.05, 0.1) is 21.1 Å². The number of benzene rings is 1. The second-order valence-electron chi connectivity index (χ2n) is 6.12. The number of hydrogen-bond donors (Lipinski definition) is 1. The van der Waals surface area contributed by atoms with Crippen LogP contribution in [0.4, 0.5) is 0 Å². The lowest BCUT2D eigenvalue weighted by Crippen LogP contribution is -2.55. The van der Waals surface area contributed by atoms with E-state index in [1.807, 2.05) is 20.8 Å². The standard InChI is InChI=1S/C17H17Cl2N3O2/c1-17(2,3)22(21-15(23)12-5-4-8-20-10-12)16(24)11-6-7-13(18)14(19)9-11/h4-10H,1-3H3,(H,21,23). The normalized spacial score (nSPS) is 11.0. The van der Waals surface area contributed by atoms with Crippen LogP contribution in [-0.2, 0) is 0 Å². The van der Waals surface area contributed by atoms with Gasteiger partial charge in [-0.05, 0) is 51.1 Å². The van der Waals surface area contributed by atoms with Gasteiger partial charge in [0.2, 0.25) is 0 Å². The molecule has 1 aromatic carbocycles. The van der Waals surface area contributed by atoms with Gasteiger partial charge in [-0.15, -0.1) is 0 Å². The average molecular weight is 366 g/mol. The van der Waals surface area contributed by atoms with Crippen LogP contribution in [0.3, 0.4) is 0 Å². The molecule has 2 amide bonds. The van der Waals surface area contributed by atoms with Gasteiger partial charge in [-0.1, -0.05) is 23.2 Å². The Kier molecular flexibility index (Phi) is 5.47. The molecule has 0 aliphatic rings. The van der Waals surface area contributed by atoms with Gasteiger partial charge in [0.25, 0.3) is 11.8 Å². The molecule has 126 valence electrons. The summed E-state index contributed by atoms with van der Waals surface area (Å²) in [6.07, 6.45) is 3.00. The topological polar surface area (TPSA) is 62.3 Å². The third-order valence-corrected chi connectivity index (χ3v) is 3.92. The van der Waals surface area contributed by atoms with Gasteiger partial charge in [-0.25, -0.2) is 5.01 Å². The Balaban J connectivity index is 2.30. The van der Waals surface area contributed by atoms with Crippen molar-refractivity contribution in [1.82, 2.24) is 15.4 Å². The van der Waals surface area contributed by atoms with E-state index in [4.69, 9.17) is 23.2 Å². The molecule has 2 aromatic rings. The first-order valence-electron chi connectivity index (χ1n) is 7.21. The first kappa shape index (κ1) is 18.2. The minimum Gasteiger partial charge on any atom is -0.267 e. The molecule has 2 rings (SSSR count). The van der Waals surface area contributed by atoms with Crippen LogP contribution in [0.2, 0.25) is 10.0 Å². The van der Waals surface area contributed by atoms with Crippen LogP contribution in [0.5, 0.6) is 0 Å². The van der Waals surface area contributed by atoms with Crippen molar-refractivity contribution in [2.24, 2.45) is 0 Å². The van der Waals surface area contributed by atoms with Crippen molar-refractivity contribution in [1.29, 1.82) is 0 Å². The molecular weight excluding hydrogens is 349 g/mol. The van der Waals surface area contributed by atoms with Crippen LogP contribution in [-0.4, -0.2) is 27.3 Å².